The third kappa shape index (κ3) is 5.51. The molecule has 1 aliphatic heterocycles. The molecule has 3 aromatic rings. The molecule has 1 fully saturated rings. The first-order chi connectivity index (χ1) is 18.5. The van der Waals surface area contributed by atoms with Gasteiger partial charge in [-0.3, -0.25) is 4.39 Å². The van der Waals surface area contributed by atoms with Crippen molar-refractivity contribution in [2.75, 3.05) is 33.4 Å². The van der Waals surface area contributed by atoms with Crippen molar-refractivity contribution in [1.29, 1.82) is 0 Å². The van der Waals surface area contributed by atoms with Gasteiger partial charge < -0.3 is 14.7 Å². The highest BCUT2D eigenvalue weighted by Crippen LogP contribution is 2.41. The number of fused-ring (bicyclic) bond motifs is 1. The fourth-order valence-electron chi connectivity index (χ4n) is 5.80. The van der Waals surface area contributed by atoms with Crippen LogP contribution in [0.1, 0.15) is 57.4 Å². The number of carboxylic acids is 1. The first-order valence-corrected chi connectivity index (χ1v) is 13.3. The maximum atomic E-state index is 15.3. The first-order valence-electron chi connectivity index (χ1n) is 13.3. The molecule has 2 aliphatic rings. The number of carbonyl (C=O) groups is 1. The zero-order valence-electron chi connectivity index (χ0n) is 21.7. The van der Waals surface area contributed by atoms with Gasteiger partial charge in [-0.25, -0.2) is 9.18 Å². The number of aryl methyl sites for hydroxylation is 1. The number of likely N-dealkylation sites (tertiary alicyclic amines) is 1. The van der Waals surface area contributed by atoms with E-state index in [-0.39, 0.29) is 18.1 Å². The summed E-state index contributed by atoms with van der Waals surface area (Å²) in [7, 11) is 1.52. The number of methoxy groups -OCH3 is 1. The van der Waals surface area contributed by atoms with Crippen LogP contribution in [0, 0.1) is 11.7 Å². The molecule has 1 aliphatic carbocycles. The van der Waals surface area contributed by atoms with Crippen molar-refractivity contribution in [1.82, 2.24) is 4.90 Å². The van der Waals surface area contributed by atoms with Crippen molar-refractivity contribution in [3.8, 4) is 5.75 Å². The Labute approximate surface area is 222 Å². The van der Waals surface area contributed by atoms with Crippen LogP contribution < -0.4 is 4.74 Å². The number of hydrogen-bond donors (Lipinski definition) is 1. The molecule has 0 unspecified atom stereocenters. The zero-order chi connectivity index (χ0) is 26.6. The van der Waals surface area contributed by atoms with Crippen molar-refractivity contribution in [2.24, 2.45) is 5.92 Å². The molecule has 0 amide bonds. The summed E-state index contributed by atoms with van der Waals surface area (Å²) in [6.07, 6.45) is 3.76. The van der Waals surface area contributed by atoms with Gasteiger partial charge in [-0.15, -0.1) is 0 Å². The number of halogens is 2. The van der Waals surface area contributed by atoms with Crippen LogP contribution in [-0.4, -0.2) is 49.4 Å². The number of alkyl halides is 1. The predicted molar refractivity (Wildman–Crippen MR) is 146 cm³/mol. The number of benzene rings is 3. The molecule has 0 bridgehead atoms. The quantitative estimate of drug-likeness (QED) is 0.345. The van der Waals surface area contributed by atoms with E-state index in [2.05, 4.69) is 29.2 Å². The van der Waals surface area contributed by atoms with Crippen LogP contribution >= 0.6 is 0 Å². The predicted octanol–water partition coefficient (Wildman–Crippen LogP) is 6.66. The van der Waals surface area contributed by atoms with Crippen LogP contribution in [0.25, 0.3) is 11.1 Å². The Morgan fingerprint density at radius 2 is 1.79 bits per heavy atom. The van der Waals surface area contributed by atoms with E-state index in [0.29, 0.717) is 30.1 Å². The lowest BCUT2D eigenvalue weighted by Gasteiger charge is -2.39. The Kier molecular flexibility index (Phi) is 7.89. The number of hydrogen-bond acceptors (Lipinski definition) is 3. The van der Waals surface area contributed by atoms with Gasteiger partial charge >= 0.3 is 5.97 Å². The summed E-state index contributed by atoms with van der Waals surface area (Å²) in [6.45, 7) is 2.58. The van der Waals surface area contributed by atoms with Gasteiger partial charge in [0.15, 0.2) is 0 Å². The minimum Gasteiger partial charge on any atom is -0.497 e. The largest absolute Gasteiger partial charge is 0.497 e. The molecule has 6 heteroatoms. The fourth-order valence-corrected chi connectivity index (χ4v) is 5.80. The summed E-state index contributed by atoms with van der Waals surface area (Å²) in [5.74, 6) is -0.234. The molecule has 0 aromatic heterocycles. The third-order valence-corrected chi connectivity index (χ3v) is 7.71. The van der Waals surface area contributed by atoms with Crippen LogP contribution in [0.5, 0.6) is 5.75 Å². The molecular formula is C32H33F2NO3. The molecule has 198 valence electrons. The highest BCUT2D eigenvalue weighted by molar-refractivity contribution is 6.00. The van der Waals surface area contributed by atoms with Crippen molar-refractivity contribution in [3.63, 3.8) is 0 Å². The van der Waals surface area contributed by atoms with Crippen LogP contribution in [0.3, 0.4) is 0 Å². The van der Waals surface area contributed by atoms with Gasteiger partial charge in [0.1, 0.15) is 11.6 Å². The second kappa shape index (κ2) is 11.5. The Balaban J connectivity index is 1.51. The van der Waals surface area contributed by atoms with Crippen molar-refractivity contribution in [3.05, 3.63) is 99.9 Å². The lowest BCUT2D eigenvalue weighted by Crippen LogP contribution is -2.47. The monoisotopic (exact) mass is 517 g/mol. The highest BCUT2D eigenvalue weighted by atomic mass is 19.1. The Morgan fingerprint density at radius 1 is 1.03 bits per heavy atom. The maximum absolute atomic E-state index is 15.3. The molecule has 1 heterocycles. The van der Waals surface area contributed by atoms with E-state index in [1.54, 1.807) is 24.3 Å². The van der Waals surface area contributed by atoms with Gasteiger partial charge in [-0.2, -0.15) is 0 Å². The number of aromatic carboxylic acids is 1. The highest BCUT2D eigenvalue weighted by Gasteiger charge is 2.27. The van der Waals surface area contributed by atoms with Gasteiger partial charge in [0, 0.05) is 31.3 Å². The molecule has 0 saturated carbocycles. The zero-order valence-corrected chi connectivity index (χ0v) is 21.7. The van der Waals surface area contributed by atoms with E-state index in [1.807, 2.05) is 6.07 Å². The fraction of sp³-hybridized carbons (Fsp3) is 0.344. The average molecular weight is 518 g/mol. The smallest absolute Gasteiger partial charge is 0.335 e. The second-order valence-electron chi connectivity index (χ2n) is 10.3. The summed E-state index contributed by atoms with van der Waals surface area (Å²) in [4.78, 5) is 13.9. The summed E-state index contributed by atoms with van der Waals surface area (Å²) < 4.78 is 33.0. The molecule has 0 radical (unpaired) electrons. The van der Waals surface area contributed by atoms with E-state index in [9.17, 15) is 14.3 Å². The van der Waals surface area contributed by atoms with Gasteiger partial charge in [0.25, 0.3) is 0 Å². The topological polar surface area (TPSA) is 49.8 Å². The molecule has 1 N–H and O–H groups in total. The summed E-state index contributed by atoms with van der Waals surface area (Å²) in [5.41, 5.74) is 6.83. The SMILES string of the molecule is COc1ccc(C2=C(c3ccc(CC4CN(CCCF)C4)cc3)c3ccc(C(=O)O)cc3CCC2)c(F)c1. The molecule has 0 atom stereocenters. The molecule has 4 nitrogen and oxygen atoms in total. The van der Waals surface area contributed by atoms with E-state index < -0.39 is 5.97 Å². The lowest BCUT2D eigenvalue weighted by atomic mass is 9.86. The minimum atomic E-state index is -0.951. The van der Waals surface area contributed by atoms with E-state index in [4.69, 9.17) is 4.74 Å². The van der Waals surface area contributed by atoms with E-state index in [0.717, 1.165) is 66.7 Å². The summed E-state index contributed by atoms with van der Waals surface area (Å²) >= 11 is 0. The lowest BCUT2D eigenvalue weighted by molar-refractivity contribution is 0.0696. The summed E-state index contributed by atoms with van der Waals surface area (Å²) in [5, 5.41) is 9.55. The molecule has 5 rings (SSSR count). The normalized spacial score (nSPS) is 16.1. The molecular weight excluding hydrogens is 484 g/mol. The number of rotatable bonds is 9. The number of carboxylic acid groups (broad SMARTS) is 1. The van der Waals surface area contributed by atoms with Crippen LogP contribution in [0.2, 0.25) is 0 Å². The van der Waals surface area contributed by atoms with Gasteiger partial charge in [-0.05, 0) is 95.7 Å². The maximum Gasteiger partial charge on any atom is 0.335 e. The van der Waals surface area contributed by atoms with Crippen LogP contribution in [0.15, 0.2) is 60.7 Å². The van der Waals surface area contributed by atoms with Gasteiger partial charge in [-0.1, -0.05) is 30.3 Å². The standard InChI is InChI=1S/C32H33F2NO3/c1-38-26-11-13-28(30(34)18-26)29-5-2-4-24-17-25(32(36)37)10-12-27(24)31(29)23-8-6-21(7-9-23)16-22-19-35(20-22)15-3-14-33/h6-13,17-18,22H,2-5,14-16,19-20H2,1H3,(H,36,37). The van der Waals surface area contributed by atoms with E-state index in [1.165, 1.54) is 18.7 Å². The number of ether oxygens (including phenoxy) is 1. The van der Waals surface area contributed by atoms with Crippen molar-refractivity contribution < 1.29 is 23.4 Å². The molecule has 0 spiro atoms. The van der Waals surface area contributed by atoms with Crippen LogP contribution in [-0.2, 0) is 12.8 Å². The molecule has 1 saturated heterocycles. The van der Waals surface area contributed by atoms with E-state index >= 15 is 4.39 Å². The number of allylic oxidation sites excluding steroid dienone is 1. The molecule has 3 aromatic carbocycles. The Bertz CT molecular complexity index is 1340. The third-order valence-electron chi connectivity index (χ3n) is 7.71. The number of nitrogens with zero attached hydrogens (tertiary/aromatic N) is 1. The van der Waals surface area contributed by atoms with Gasteiger partial charge in [0.2, 0.25) is 0 Å². The second-order valence-corrected chi connectivity index (χ2v) is 10.3. The van der Waals surface area contributed by atoms with Gasteiger partial charge in [0.05, 0.1) is 19.3 Å². The van der Waals surface area contributed by atoms with Crippen molar-refractivity contribution >= 4 is 17.1 Å². The van der Waals surface area contributed by atoms with Crippen LogP contribution in [0.4, 0.5) is 8.78 Å². The first kappa shape index (κ1) is 26.1. The summed E-state index contributed by atoms with van der Waals surface area (Å²) in [6, 6.07) is 18.7. The minimum absolute atomic E-state index is 0.262. The average Bonchev–Trinajstić information content (AvgIpc) is 3.09. The Morgan fingerprint density at radius 3 is 2.47 bits per heavy atom. The Hall–Kier alpha value is -3.51. The molecule has 38 heavy (non-hydrogen) atoms. The van der Waals surface area contributed by atoms with Crippen molar-refractivity contribution in [2.45, 2.75) is 32.1 Å².